The van der Waals surface area contributed by atoms with Crippen molar-refractivity contribution < 1.29 is 28.0 Å². The Hall–Kier alpha value is -2.32. The smallest absolute Gasteiger partial charge is 0.390 e. The second-order valence-corrected chi connectivity index (χ2v) is 4.05. The topological polar surface area (TPSA) is 83.7 Å². The Kier molecular flexibility index (Phi) is 4.53. The molecule has 0 unspecified atom stereocenters. The minimum Gasteiger partial charge on any atom is -0.478 e. The van der Waals surface area contributed by atoms with Crippen molar-refractivity contribution in [2.24, 2.45) is 0 Å². The number of carboxylic acid groups (broad SMARTS) is 1. The van der Waals surface area contributed by atoms with Crippen LogP contribution in [-0.2, 0) is 0 Å². The third kappa shape index (κ3) is 4.11. The van der Waals surface area contributed by atoms with Gasteiger partial charge in [0.15, 0.2) is 0 Å². The summed E-state index contributed by atoms with van der Waals surface area (Å²) < 4.78 is 36.4. The lowest BCUT2D eigenvalue weighted by Crippen LogP contribution is -2.25. The first-order chi connectivity index (χ1) is 9.11. The van der Waals surface area contributed by atoms with Crippen LogP contribution in [-0.4, -0.2) is 35.8 Å². The third-order valence-corrected chi connectivity index (χ3v) is 2.56. The lowest BCUT2D eigenvalue weighted by atomic mass is 10.1. The van der Waals surface area contributed by atoms with Crippen LogP contribution in [0.5, 0.6) is 0 Å². The number of nitro groups is 1. The Labute approximate surface area is 111 Å². The number of nitro benzene ring substituents is 1. The number of carboxylic acids is 1. The van der Waals surface area contributed by atoms with Gasteiger partial charge in [0.2, 0.25) is 0 Å². The zero-order valence-electron chi connectivity index (χ0n) is 10.3. The predicted molar refractivity (Wildman–Crippen MR) is 64.0 cm³/mol. The van der Waals surface area contributed by atoms with E-state index in [4.69, 9.17) is 5.11 Å². The van der Waals surface area contributed by atoms with Gasteiger partial charge in [0.25, 0.3) is 5.69 Å². The number of hydrogen-bond acceptors (Lipinski definition) is 4. The first kappa shape index (κ1) is 15.7. The second-order valence-electron chi connectivity index (χ2n) is 4.05. The fraction of sp³-hybridized carbons (Fsp3) is 0.364. The van der Waals surface area contributed by atoms with Crippen molar-refractivity contribution in [3.05, 3.63) is 33.9 Å². The molecule has 0 bridgehead atoms. The summed E-state index contributed by atoms with van der Waals surface area (Å²) in [6, 6.07) is 2.99. The molecule has 0 atom stereocenters. The molecule has 0 radical (unpaired) electrons. The van der Waals surface area contributed by atoms with Crippen LogP contribution in [0.2, 0.25) is 0 Å². The van der Waals surface area contributed by atoms with Crippen molar-refractivity contribution in [1.82, 2.24) is 0 Å². The number of nitrogens with zero attached hydrogens (tertiary/aromatic N) is 2. The Morgan fingerprint density at radius 2 is 2.05 bits per heavy atom. The summed E-state index contributed by atoms with van der Waals surface area (Å²) in [5.41, 5.74) is -0.855. The molecule has 0 saturated heterocycles. The van der Waals surface area contributed by atoms with E-state index < -0.39 is 41.3 Å². The molecular weight excluding hydrogens is 281 g/mol. The number of aromatic carboxylic acids is 1. The van der Waals surface area contributed by atoms with E-state index in [2.05, 4.69) is 0 Å². The minimum absolute atomic E-state index is 0.00708. The van der Waals surface area contributed by atoms with E-state index in [1.165, 1.54) is 7.05 Å². The van der Waals surface area contributed by atoms with Gasteiger partial charge in [0.1, 0.15) is 0 Å². The van der Waals surface area contributed by atoms with Crippen molar-refractivity contribution in [3.63, 3.8) is 0 Å². The third-order valence-electron chi connectivity index (χ3n) is 2.56. The van der Waals surface area contributed by atoms with Gasteiger partial charge in [-0.05, 0) is 6.07 Å². The van der Waals surface area contributed by atoms with Crippen LogP contribution >= 0.6 is 0 Å². The summed E-state index contributed by atoms with van der Waals surface area (Å²) in [6.07, 6.45) is -5.47. The molecule has 0 spiro atoms. The van der Waals surface area contributed by atoms with Crippen molar-refractivity contribution in [3.8, 4) is 0 Å². The molecule has 1 aromatic carbocycles. The molecule has 0 aromatic heterocycles. The average molecular weight is 292 g/mol. The molecule has 1 aromatic rings. The van der Waals surface area contributed by atoms with Gasteiger partial charge in [-0.3, -0.25) is 10.1 Å². The van der Waals surface area contributed by atoms with Gasteiger partial charge in [-0.2, -0.15) is 13.2 Å². The minimum atomic E-state index is -4.36. The van der Waals surface area contributed by atoms with E-state index in [1.807, 2.05) is 0 Å². The molecular formula is C11H11F3N2O4. The summed E-state index contributed by atoms with van der Waals surface area (Å²) in [5, 5.41) is 19.5. The molecule has 1 N–H and O–H groups in total. The van der Waals surface area contributed by atoms with E-state index in [9.17, 15) is 28.1 Å². The van der Waals surface area contributed by atoms with Crippen molar-refractivity contribution in [1.29, 1.82) is 0 Å². The predicted octanol–water partition coefficient (Wildman–Crippen LogP) is 2.68. The van der Waals surface area contributed by atoms with Crippen molar-refractivity contribution in [2.75, 3.05) is 18.5 Å². The number of benzene rings is 1. The molecule has 0 aliphatic heterocycles. The van der Waals surface area contributed by atoms with Gasteiger partial charge in [0.05, 0.1) is 22.6 Å². The molecule has 0 aliphatic carbocycles. The Balaban J connectivity index is 3.05. The number of hydrogen-bond donors (Lipinski definition) is 1. The normalized spacial score (nSPS) is 11.2. The van der Waals surface area contributed by atoms with Gasteiger partial charge in [-0.15, -0.1) is 0 Å². The van der Waals surface area contributed by atoms with Crippen LogP contribution < -0.4 is 4.90 Å². The summed E-state index contributed by atoms with van der Waals surface area (Å²) in [5.74, 6) is -1.44. The van der Waals surface area contributed by atoms with Crippen LogP contribution in [0.15, 0.2) is 18.2 Å². The molecule has 0 heterocycles. The van der Waals surface area contributed by atoms with E-state index in [0.29, 0.717) is 0 Å². The number of anilines is 1. The first-order valence-electron chi connectivity index (χ1n) is 5.41. The van der Waals surface area contributed by atoms with Crippen molar-refractivity contribution >= 4 is 17.3 Å². The van der Waals surface area contributed by atoms with E-state index in [1.54, 1.807) is 0 Å². The number of carbonyl (C=O) groups is 1. The highest BCUT2D eigenvalue weighted by Gasteiger charge is 2.28. The van der Waals surface area contributed by atoms with Crippen molar-refractivity contribution in [2.45, 2.75) is 12.6 Å². The van der Waals surface area contributed by atoms with Crippen LogP contribution in [0, 0.1) is 10.1 Å². The molecule has 0 aliphatic rings. The zero-order valence-corrected chi connectivity index (χ0v) is 10.3. The highest BCUT2D eigenvalue weighted by Crippen LogP contribution is 2.27. The maximum atomic E-state index is 12.1. The Morgan fingerprint density at radius 3 is 2.50 bits per heavy atom. The Morgan fingerprint density at radius 1 is 1.45 bits per heavy atom. The zero-order chi connectivity index (χ0) is 15.5. The average Bonchev–Trinajstić information content (AvgIpc) is 2.34. The maximum absolute atomic E-state index is 12.1. The number of rotatable bonds is 5. The standard InChI is InChI=1S/C11H11F3N2O4/c1-15(5-4-11(12,13)14)9-3-2-7(16(19)20)6-8(9)10(17)18/h2-3,6H,4-5H2,1H3,(H,17,18). The number of halogens is 3. The first-order valence-corrected chi connectivity index (χ1v) is 5.41. The molecule has 6 nitrogen and oxygen atoms in total. The molecule has 110 valence electrons. The van der Waals surface area contributed by atoms with Gasteiger partial charge in [-0.1, -0.05) is 0 Å². The molecule has 0 amide bonds. The quantitative estimate of drug-likeness (QED) is 0.666. The highest BCUT2D eigenvalue weighted by molar-refractivity contribution is 5.95. The summed E-state index contributed by atoms with van der Waals surface area (Å²) >= 11 is 0. The lowest BCUT2D eigenvalue weighted by Gasteiger charge is -2.21. The van der Waals surface area contributed by atoms with Gasteiger partial charge < -0.3 is 10.0 Å². The van der Waals surface area contributed by atoms with Gasteiger partial charge >= 0.3 is 12.1 Å². The van der Waals surface area contributed by atoms with E-state index in [0.717, 1.165) is 23.1 Å². The highest BCUT2D eigenvalue weighted by atomic mass is 19.4. The van der Waals surface area contributed by atoms with Crippen LogP contribution in [0.3, 0.4) is 0 Å². The SMILES string of the molecule is CN(CCC(F)(F)F)c1ccc([N+](=O)[O-])cc1C(=O)O. The summed E-state index contributed by atoms with van der Waals surface area (Å²) in [7, 11) is 1.29. The molecule has 1 rings (SSSR count). The largest absolute Gasteiger partial charge is 0.478 e. The summed E-state index contributed by atoms with van der Waals surface area (Å²) in [4.78, 5) is 21.9. The molecule has 0 fully saturated rings. The maximum Gasteiger partial charge on any atom is 0.390 e. The molecule has 20 heavy (non-hydrogen) atoms. The van der Waals surface area contributed by atoms with E-state index in [-0.39, 0.29) is 5.69 Å². The second kappa shape index (κ2) is 5.76. The molecule has 0 saturated carbocycles. The summed E-state index contributed by atoms with van der Waals surface area (Å²) in [6.45, 7) is -0.443. The van der Waals surface area contributed by atoms with Gasteiger partial charge in [-0.25, -0.2) is 4.79 Å². The fourth-order valence-electron chi connectivity index (χ4n) is 1.56. The van der Waals surface area contributed by atoms with Crippen LogP contribution in [0.4, 0.5) is 24.5 Å². The van der Waals surface area contributed by atoms with Crippen LogP contribution in [0.1, 0.15) is 16.8 Å². The number of alkyl halides is 3. The van der Waals surface area contributed by atoms with Crippen LogP contribution in [0.25, 0.3) is 0 Å². The van der Waals surface area contributed by atoms with E-state index >= 15 is 0 Å². The molecule has 9 heteroatoms. The Bertz CT molecular complexity index is 531. The monoisotopic (exact) mass is 292 g/mol. The number of non-ortho nitro benzene ring substituents is 1. The van der Waals surface area contributed by atoms with Gasteiger partial charge in [0, 0.05) is 25.7 Å². The fourth-order valence-corrected chi connectivity index (χ4v) is 1.56. The lowest BCUT2D eigenvalue weighted by molar-refractivity contribution is -0.384.